The summed E-state index contributed by atoms with van der Waals surface area (Å²) in [6, 6.07) is 6.92. The zero-order valence-corrected chi connectivity index (χ0v) is 15.5. The number of nitrogens with zero attached hydrogens (tertiary/aromatic N) is 2. The fourth-order valence-corrected chi connectivity index (χ4v) is 2.89. The van der Waals surface area contributed by atoms with E-state index in [4.69, 9.17) is 0 Å². The number of hydrogen-bond acceptors (Lipinski definition) is 3. The maximum absolute atomic E-state index is 12.6. The van der Waals surface area contributed by atoms with Gasteiger partial charge in [-0.25, -0.2) is 0 Å². The molecule has 0 aliphatic carbocycles. The van der Waals surface area contributed by atoms with Crippen LogP contribution in [0.5, 0.6) is 0 Å². The van der Waals surface area contributed by atoms with Gasteiger partial charge in [0.25, 0.3) is 0 Å². The molecule has 1 aromatic carbocycles. The number of rotatable bonds is 5. The molecule has 0 bridgehead atoms. The quantitative estimate of drug-likeness (QED) is 0.873. The van der Waals surface area contributed by atoms with Crippen LogP contribution in [0.4, 0.5) is 5.69 Å². The highest BCUT2D eigenvalue weighted by Crippen LogP contribution is 2.27. The minimum absolute atomic E-state index is 0.121. The Morgan fingerprint density at radius 2 is 1.76 bits per heavy atom. The first-order valence-corrected chi connectivity index (χ1v) is 8.20. The van der Waals surface area contributed by atoms with Crippen LogP contribution in [-0.4, -0.2) is 26.8 Å². The van der Waals surface area contributed by atoms with Gasteiger partial charge in [-0.1, -0.05) is 12.1 Å². The lowest BCUT2D eigenvalue weighted by Crippen LogP contribution is -2.28. The predicted molar refractivity (Wildman–Crippen MR) is 96.8 cm³/mol. The molecule has 2 N–H and O–H groups in total. The molecule has 1 amide bonds. The van der Waals surface area contributed by atoms with E-state index >= 15 is 0 Å². The Labute approximate surface area is 147 Å². The Morgan fingerprint density at radius 1 is 1.20 bits per heavy atom. The first-order valence-electron chi connectivity index (χ1n) is 8.20. The number of anilines is 1. The molecule has 0 spiro atoms. The topological polar surface area (TPSA) is 84.2 Å². The molecule has 0 fully saturated rings. The van der Waals surface area contributed by atoms with Crippen molar-refractivity contribution in [2.75, 3.05) is 5.32 Å². The number of carbonyl (C=O) groups excluding carboxylic acids is 1. The van der Waals surface area contributed by atoms with E-state index in [-0.39, 0.29) is 11.8 Å². The average molecular weight is 343 g/mol. The zero-order valence-electron chi connectivity index (χ0n) is 15.5. The van der Waals surface area contributed by atoms with Crippen LogP contribution in [0.2, 0.25) is 0 Å². The molecule has 0 radical (unpaired) electrons. The molecule has 1 unspecified atom stereocenters. The summed E-state index contributed by atoms with van der Waals surface area (Å²) < 4.78 is 1.78. The maximum atomic E-state index is 12.6. The SMILES string of the molecule is Cc1nn(C)c(C)c1C(C)C(=O)Nc1ccc(C(C)(C)C(=O)O)cc1. The van der Waals surface area contributed by atoms with Crippen LogP contribution >= 0.6 is 0 Å². The molecule has 2 aromatic rings. The second-order valence-electron chi connectivity index (χ2n) is 6.93. The summed E-state index contributed by atoms with van der Waals surface area (Å²) in [4.78, 5) is 23.9. The number of hydrogen-bond donors (Lipinski definition) is 2. The lowest BCUT2D eigenvalue weighted by molar-refractivity contribution is -0.142. The van der Waals surface area contributed by atoms with Gasteiger partial charge in [-0.3, -0.25) is 14.3 Å². The molecule has 134 valence electrons. The first-order chi connectivity index (χ1) is 11.6. The molecule has 0 saturated carbocycles. The number of carboxylic acid groups (broad SMARTS) is 1. The fraction of sp³-hybridized carbons (Fsp3) is 0.421. The molecule has 1 heterocycles. The molecule has 6 nitrogen and oxygen atoms in total. The standard InChI is InChI=1S/C19H25N3O3/c1-11(16-12(2)21-22(6)13(16)3)17(23)20-15-9-7-14(8-10-15)19(4,5)18(24)25/h7-11H,1-6H3,(H,20,23)(H,24,25). The summed E-state index contributed by atoms with van der Waals surface area (Å²) in [5.74, 6) is -1.34. The molecule has 2 rings (SSSR count). The summed E-state index contributed by atoms with van der Waals surface area (Å²) in [6.07, 6.45) is 0. The number of benzene rings is 1. The lowest BCUT2D eigenvalue weighted by atomic mass is 9.85. The van der Waals surface area contributed by atoms with Gasteiger partial charge < -0.3 is 10.4 Å². The van der Waals surface area contributed by atoms with Gasteiger partial charge in [0.1, 0.15) is 0 Å². The highest BCUT2D eigenvalue weighted by atomic mass is 16.4. The first kappa shape index (κ1) is 18.7. The van der Waals surface area contributed by atoms with Crippen LogP contribution in [0, 0.1) is 13.8 Å². The van der Waals surface area contributed by atoms with Crippen molar-refractivity contribution in [2.45, 2.75) is 46.0 Å². The van der Waals surface area contributed by atoms with Crippen molar-refractivity contribution in [2.24, 2.45) is 7.05 Å². The number of nitrogens with one attached hydrogen (secondary N) is 1. The van der Waals surface area contributed by atoms with Gasteiger partial charge in [-0.05, 0) is 52.3 Å². The molecular weight excluding hydrogens is 318 g/mol. The lowest BCUT2D eigenvalue weighted by Gasteiger charge is -2.20. The van der Waals surface area contributed by atoms with Gasteiger partial charge in [0.05, 0.1) is 17.0 Å². The van der Waals surface area contributed by atoms with Crippen molar-refractivity contribution in [1.82, 2.24) is 9.78 Å². The Morgan fingerprint density at radius 3 is 2.20 bits per heavy atom. The van der Waals surface area contributed by atoms with E-state index in [0.717, 1.165) is 17.0 Å². The van der Waals surface area contributed by atoms with Gasteiger partial charge in [0.2, 0.25) is 5.91 Å². The number of amides is 1. The van der Waals surface area contributed by atoms with Gasteiger partial charge in [0.15, 0.2) is 0 Å². The van der Waals surface area contributed by atoms with Crippen LogP contribution in [-0.2, 0) is 22.1 Å². The molecular formula is C19H25N3O3. The summed E-state index contributed by atoms with van der Waals surface area (Å²) in [5.41, 5.74) is 3.11. The van der Waals surface area contributed by atoms with Crippen molar-refractivity contribution in [3.05, 3.63) is 46.8 Å². The summed E-state index contributed by atoms with van der Waals surface area (Å²) >= 11 is 0. The van der Waals surface area contributed by atoms with E-state index in [0.29, 0.717) is 11.3 Å². The van der Waals surface area contributed by atoms with Crippen LogP contribution in [0.1, 0.15) is 49.2 Å². The summed E-state index contributed by atoms with van der Waals surface area (Å²) in [7, 11) is 1.86. The molecule has 0 aliphatic rings. The average Bonchev–Trinajstić information content (AvgIpc) is 2.79. The van der Waals surface area contributed by atoms with Gasteiger partial charge in [-0.2, -0.15) is 5.10 Å². The molecule has 0 aliphatic heterocycles. The molecule has 6 heteroatoms. The molecule has 1 atom stereocenters. The van der Waals surface area contributed by atoms with E-state index in [1.54, 1.807) is 42.8 Å². The van der Waals surface area contributed by atoms with Gasteiger partial charge in [-0.15, -0.1) is 0 Å². The smallest absolute Gasteiger partial charge is 0.313 e. The van der Waals surface area contributed by atoms with Crippen molar-refractivity contribution in [1.29, 1.82) is 0 Å². The van der Waals surface area contributed by atoms with Crippen molar-refractivity contribution in [3.63, 3.8) is 0 Å². The Kier molecular flexibility index (Phi) is 5.02. The Balaban J connectivity index is 2.17. The fourth-order valence-electron chi connectivity index (χ4n) is 2.89. The van der Waals surface area contributed by atoms with Crippen LogP contribution in [0.3, 0.4) is 0 Å². The zero-order chi connectivity index (χ0) is 18.9. The number of aryl methyl sites for hydroxylation is 2. The van der Waals surface area contributed by atoms with Gasteiger partial charge >= 0.3 is 5.97 Å². The largest absolute Gasteiger partial charge is 0.481 e. The van der Waals surface area contributed by atoms with Crippen LogP contribution < -0.4 is 5.32 Å². The Hall–Kier alpha value is -2.63. The van der Waals surface area contributed by atoms with Crippen LogP contribution in [0.15, 0.2) is 24.3 Å². The number of aliphatic carboxylic acids is 1. The highest BCUT2D eigenvalue weighted by Gasteiger charge is 2.29. The van der Waals surface area contributed by atoms with E-state index in [1.807, 2.05) is 27.8 Å². The van der Waals surface area contributed by atoms with Crippen molar-refractivity contribution in [3.8, 4) is 0 Å². The third-order valence-corrected chi connectivity index (χ3v) is 4.80. The van der Waals surface area contributed by atoms with Crippen LogP contribution in [0.25, 0.3) is 0 Å². The second-order valence-corrected chi connectivity index (χ2v) is 6.93. The van der Waals surface area contributed by atoms with Crippen molar-refractivity contribution < 1.29 is 14.7 Å². The predicted octanol–water partition coefficient (Wildman–Crippen LogP) is 3.14. The molecule has 0 saturated heterocycles. The Bertz CT molecular complexity index is 804. The van der Waals surface area contributed by atoms with Gasteiger partial charge in [0, 0.05) is 24.0 Å². The molecule has 25 heavy (non-hydrogen) atoms. The minimum Gasteiger partial charge on any atom is -0.481 e. The number of carbonyl (C=O) groups is 2. The molecule has 1 aromatic heterocycles. The summed E-state index contributed by atoms with van der Waals surface area (Å²) in [5, 5.41) is 16.5. The van der Waals surface area contributed by atoms with E-state index in [2.05, 4.69) is 10.4 Å². The minimum atomic E-state index is -0.972. The third-order valence-electron chi connectivity index (χ3n) is 4.80. The monoisotopic (exact) mass is 343 g/mol. The van der Waals surface area contributed by atoms with E-state index in [1.165, 1.54) is 0 Å². The number of carboxylic acids is 1. The van der Waals surface area contributed by atoms with E-state index < -0.39 is 11.4 Å². The normalized spacial score (nSPS) is 12.7. The highest BCUT2D eigenvalue weighted by molar-refractivity contribution is 5.96. The van der Waals surface area contributed by atoms with Crippen molar-refractivity contribution >= 4 is 17.6 Å². The van der Waals surface area contributed by atoms with E-state index in [9.17, 15) is 14.7 Å². The summed E-state index contributed by atoms with van der Waals surface area (Å²) in [6.45, 7) is 9.00. The maximum Gasteiger partial charge on any atom is 0.313 e. The second kappa shape index (κ2) is 6.70. The third kappa shape index (κ3) is 3.57. The number of aromatic nitrogens is 2.